The molecule has 1 saturated heterocycles. The number of pyridine rings is 1. The number of hydrogen-bond acceptors (Lipinski definition) is 4. The summed E-state index contributed by atoms with van der Waals surface area (Å²) in [5.74, 6) is 2.16. The van der Waals surface area contributed by atoms with E-state index in [-0.39, 0.29) is 24.0 Å². The van der Waals surface area contributed by atoms with Gasteiger partial charge in [-0.2, -0.15) is 0 Å². The van der Waals surface area contributed by atoms with Gasteiger partial charge in [0.2, 0.25) is 0 Å². The minimum atomic E-state index is 0. The molecular weight excluding hydrogens is 479 g/mol. The van der Waals surface area contributed by atoms with Crippen molar-refractivity contribution in [2.75, 3.05) is 26.4 Å². The van der Waals surface area contributed by atoms with Crippen molar-refractivity contribution in [2.24, 2.45) is 10.9 Å². The van der Waals surface area contributed by atoms with E-state index < -0.39 is 0 Å². The Bertz CT molecular complexity index is 765. The standard InChI is InChI=1S/C22H30N4O2.HI/c1-3-23-22(26-14-20-6-4-5-10-24-20)25-13-19-8-7-17(2)12-21(19)28-16-18-9-11-27-15-18;/h4-8,10,12,18H,3,9,11,13-16H2,1-2H3,(H2,23,25,26);1H. The summed E-state index contributed by atoms with van der Waals surface area (Å²) in [6.45, 7) is 8.44. The molecule has 1 atom stereocenters. The number of hydrogen-bond donors (Lipinski definition) is 2. The largest absolute Gasteiger partial charge is 0.493 e. The molecule has 1 fully saturated rings. The molecule has 29 heavy (non-hydrogen) atoms. The normalized spacial score (nSPS) is 16.2. The van der Waals surface area contributed by atoms with Crippen molar-refractivity contribution in [1.29, 1.82) is 0 Å². The van der Waals surface area contributed by atoms with Gasteiger partial charge in [-0.15, -0.1) is 24.0 Å². The van der Waals surface area contributed by atoms with Gasteiger partial charge < -0.3 is 20.1 Å². The summed E-state index contributed by atoms with van der Waals surface area (Å²) in [4.78, 5) is 9.07. The number of benzene rings is 1. The van der Waals surface area contributed by atoms with Crippen molar-refractivity contribution in [3.63, 3.8) is 0 Å². The Labute approximate surface area is 190 Å². The molecule has 3 rings (SSSR count). The zero-order valence-corrected chi connectivity index (χ0v) is 19.5. The summed E-state index contributed by atoms with van der Waals surface area (Å²) in [7, 11) is 0. The number of aryl methyl sites for hydroxylation is 1. The molecule has 0 radical (unpaired) electrons. The Balaban J connectivity index is 0.00000300. The maximum Gasteiger partial charge on any atom is 0.191 e. The van der Waals surface area contributed by atoms with Crippen LogP contribution in [0.25, 0.3) is 0 Å². The molecule has 1 unspecified atom stereocenters. The lowest BCUT2D eigenvalue weighted by atomic mass is 10.1. The molecule has 0 amide bonds. The van der Waals surface area contributed by atoms with Gasteiger partial charge in [0.15, 0.2) is 5.96 Å². The fourth-order valence-electron chi connectivity index (χ4n) is 3.03. The highest BCUT2D eigenvalue weighted by atomic mass is 127. The van der Waals surface area contributed by atoms with E-state index in [1.54, 1.807) is 6.20 Å². The molecule has 0 saturated carbocycles. The summed E-state index contributed by atoms with van der Waals surface area (Å²) in [6.07, 6.45) is 2.87. The van der Waals surface area contributed by atoms with Gasteiger partial charge in [0.05, 0.1) is 32.0 Å². The molecule has 1 aliphatic heterocycles. The van der Waals surface area contributed by atoms with Gasteiger partial charge in [-0.1, -0.05) is 18.2 Å². The van der Waals surface area contributed by atoms with E-state index in [0.29, 0.717) is 25.6 Å². The fraction of sp³-hybridized carbons (Fsp3) is 0.455. The van der Waals surface area contributed by atoms with Crippen molar-refractivity contribution in [1.82, 2.24) is 15.6 Å². The fourth-order valence-corrected chi connectivity index (χ4v) is 3.03. The number of nitrogens with zero attached hydrogens (tertiary/aromatic N) is 2. The lowest BCUT2D eigenvalue weighted by Gasteiger charge is -2.15. The lowest BCUT2D eigenvalue weighted by molar-refractivity contribution is 0.166. The van der Waals surface area contributed by atoms with E-state index in [2.05, 4.69) is 47.7 Å². The van der Waals surface area contributed by atoms with Gasteiger partial charge in [-0.25, -0.2) is 4.99 Å². The molecule has 1 aliphatic rings. The molecule has 2 N–H and O–H groups in total. The number of halogens is 1. The van der Waals surface area contributed by atoms with E-state index in [0.717, 1.165) is 49.1 Å². The maximum absolute atomic E-state index is 6.12. The van der Waals surface area contributed by atoms with E-state index in [4.69, 9.17) is 14.5 Å². The number of guanidine groups is 1. The number of nitrogens with one attached hydrogen (secondary N) is 2. The number of aliphatic imine (C=N–C) groups is 1. The van der Waals surface area contributed by atoms with Gasteiger partial charge in [0, 0.05) is 30.8 Å². The van der Waals surface area contributed by atoms with E-state index >= 15 is 0 Å². The van der Waals surface area contributed by atoms with E-state index in [9.17, 15) is 0 Å². The molecule has 6 nitrogen and oxygen atoms in total. The molecule has 1 aromatic carbocycles. The third-order valence-electron chi connectivity index (χ3n) is 4.64. The van der Waals surface area contributed by atoms with Crippen LogP contribution in [0.4, 0.5) is 0 Å². The SMILES string of the molecule is CCNC(=NCc1ccc(C)cc1OCC1CCOC1)NCc1ccccn1.I. The molecular formula is C22H31IN4O2. The van der Waals surface area contributed by atoms with Crippen LogP contribution in [0, 0.1) is 12.8 Å². The molecule has 0 aliphatic carbocycles. The van der Waals surface area contributed by atoms with Crippen LogP contribution in [-0.2, 0) is 17.8 Å². The van der Waals surface area contributed by atoms with Crippen molar-refractivity contribution in [3.8, 4) is 5.75 Å². The van der Waals surface area contributed by atoms with Crippen LogP contribution < -0.4 is 15.4 Å². The third kappa shape index (κ3) is 7.81. The number of rotatable bonds is 8. The first-order valence-electron chi connectivity index (χ1n) is 9.96. The van der Waals surface area contributed by atoms with Crippen molar-refractivity contribution in [2.45, 2.75) is 33.4 Å². The molecule has 1 aromatic heterocycles. The monoisotopic (exact) mass is 510 g/mol. The highest BCUT2D eigenvalue weighted by Gasteiger charge is 2.17. The Morgan fingerprint density at radius 2 is 2.17 bits per heavy atom. The highest BCUT2D eigenvalue weighted by Crippen LogP contribution is 2.23. The van der Waals surface area contributed by atoms with Crippen LogP contribution >= 0.6 is 24.0 Å². The van der Waals surface area contributed by atoms with Gasteiger partial charge in [-0.05, 0) is 44.0 Å². The quantitative estimate of drug-likeness (QED) is 0.322. The third-order valence-corrected chi connectivity index (χ3v) is 4.64. The second kappa shape index (κ2) is 12.6. The number of ether oxygens (including phenoxy) is 2. The molecule has 0 bridgehead atoms. The minimum absolute atomic E-state index is 0. The molecule has 2 aromatic rings. The van der Waals surface area contributed by atoms with Crippen LogP contribution in [0.5, 0.6) is 5.75 Å². The van der Waals surface area contributed by atoms with Crippen molar-refractivity contribution in [3.05, 3.63) is 59.4 Å². The van der Waals surface area contributed by atoms with Gasteiger partial charge in [0.25, 0.3) is 0 Å². The Hall–Kier alpha value is -1.87. The van der Waals surface area contributed by atoms with Gasteiger partial charge in [-0.3, -0.25) is 4.98 Å². The second-order valence-corrected chi connectivity index (χ2v) is 7.02. The molecule has 158 valence electrons. The summed E-state index contributed by atoms with van der Waals surface area (Å²) in [5.41, 5.74) is 3.25. The average molecular weight is 510 g/mol. The average Bonchev–Trinajstić information content (AvgIpc) is 3.24. The first kappa shape index (κ1) is 23.4. The van der Waals surface area contributed by atoms with Gasteiger partial charge in [0.1, 0.15) is 5.75 Å². The molecule has 2 heterocycles. The zero-order valence-electron chi connectivity index (χ0n) is 17.2. The smallest absolute Gasteiger partial charge is 0.191 e. The van der Waals surface area contributed by atoms with Gasteiger partial charge >= 0.3 is 0 Å². The topological polar surface area (TPSA) is 67.8 Å². The van der Waals surface area contributed by atoms with E-state index in [1.165, 1.54) is 5.56 Å². The van der Waals surface area contributed by atoms with Crippen LogP contribution in [0.15, 0.2) is 47.6 Å². The Kier molecular flexibility index (Phi) is 10.2. The van der Waals surface area contributed by atoms with Crippen LogP contribution in [0.1, 0.15) is 30.2 Å². The zero-order chi connectivity index (χ0) is 19.6. The van der Waals surface area contributed by atoms with Crippen LogP contribution in [0.2, 0.25) is 0 Å². The predicted octanol–water partition coefficient (Wildman–Crippen LogP) is 3.68. The Morgan fingerprint density at radius 1 is 1.28 bits per heavy atom. The highest BCUT2D eigenvalue weighted by molar-refractivity contribution is 14.0. The van der Waals surface area contributed by atoms with Crippen molar-refractivity contribution >= 4 is 29.9 Å². The Morgan fingerprint density at radius 3 is 2.90 bits per heavy atom. The molecule has 7 heteroatoms. The summed E-state index contributed by atoms with van der Waals surface area (Å²) >= 11 is 0. The summed E-state index contributed by atoms with van der Waals surface area (Å²) in [6, 6.07) is 12.2. The van der Waals surface area contributed by atoms with E-state index in [1.807, 2.05) is 18.2 Å². The van der Waals surface area contributed by atoms with Crippen LogP contribution in [-0.4, -0.2) is 37.3 Å². The minimum Gasteiger partial charge on any atom is -0.493 e. The first-order valence-corrected chi connectivity index (χ1v) is 9.96. The van der Waals surface area contributed by atoms with Crippen molar-refractivity contribution < 1.29 is 9.47 Å². The number of aromatic nitrogens is 1. The summed E-state index contributed by atoms with van der Waals surface area (Å²) in [5, 5.41) is 6.62. The maximum atomic E-state index is 6.12. The second-order valence-electron chi connectivity index (χ2n) is 7.02. The molecule has 0 spiro atoms. The summed E-state index contributed by atoms with van der Waals surface area (Å²) < 4.78 is 11.6. The van der Waals surface area contributed by atoms with Crippen LogP contribution in [0.3, 0.4) is 0 Å². The predicted molar refractivity (Wildman–Crippen MR) is 127 cm³/mol. The first-order chi connectivity index (χ1) is 13.7. The lowest BCUT2D eigenvalue weighted by Crippen LogP contribution is -2.37.